The monoisotopic (exact) mass is 397 g/mol. The van der Waals surface area contributed by atoms with Gasteiger partial charge in [0.2, 0.25) is 0 Å². The number of halogens is 1. The summed E-state index contributed by atoms with van der Waals surface area (Å²) in [4.78, 5) is 4.31. The van der Waals surface area contributed by atoms with Gasteiger partial charge in [0.25, 0.3) is 0 Å². The zero-order valence-corrected chi connectivity index (χ0v) is 15.6. The van der Waals surface area contributed by atoms with Crippen molar-refractivity contribution >= 4 is 33.2 Å². The van der Waals surface area contributed by atoms with Gasteiger partial charge < -0.3 is 9.87 Å². The number of fused-ring (bicyclic) bond motifs is 1. The molecule has 0 radical (unpaired) electrons. The van der Waals surface area contributed by atoms with Gasteiger partial charge in [-0.3, -0.25) is 0 Å². The molecule has 0 spiro atoms. The van der Waals surface area contributed by atoms with Crippen LogP contribution in [0.5, 0.6) is 0 Å². The summed E-state index contributed by atoms with van der Waals surface area (Å²) in [6.07, 6.45) is 2.73. The van der Waals surface area contributed by atoms with Crippen molar-refractivity contribution in [3.8, 4) is 11.3 Å². The molecule has 4 rings (SSSR count). The van der Waals surface area contributed by atoms with Gasteiger partial charge >= 0.3 is 0 Å². The Morgan fingerprint density at radius 2 is 1.82 bits per heavy atom. The molecule has 4 aromatic rings. The summed E-state index contributed by atoms with van der Waals surface area (Å²) in [5, 5.41) is 7.75. The molecule has 7 nitrogen and oxygen atoms in total. The third-order valence-electron chi connectivity index (χ3n) is 3.94. The molecule has 0 bridgehead atoms. The average molecular weight is 397 g/mol. The zero-order chi connectivity index (χ0) is 19.7. The predicted octanol–water partition coefficient (Wildman–Crippen LogP) is 3.87. The maximum Gasteiger partial charge on any atom is 0.155 e. The molecule has 0 aliphatic heterocycles. The van der Waals surface area contributed by atoms with Gasteiger partial charge in [0.15, 0.2) is 11.5 Å². The number of aromatic nitrogens is 3. The van der Waals surface area contributed by atoms with Gasteiger partial charge in [0.1, 0.15) is 22.5 Å². The highest BCUT2D eigenvalue weighted by Gasteiger charge is 2.10. The number of anilines is 3. The van der Waals surface area contributed by atoms with Gasteiger partial charge in [0.05, 0.1) is 17.6 Å². The highest BCUT2D eigenvalue weighted by Crippen LogP contribution is 2.23. The quantitative estimate of drug-likeness (QED) is 0.499. The van der Waals surface area contributed by atoms with Gasteiger partial charge in [-0.1, -0.05) is 10.3 Å². The molecule has 142 valence electrons. The fourth-order valence-corrected chi connectivity index (χ4v) is 3.31. The van der Waals surface area contributed by atoms with Crippen molar-refractivity contribution in [1.82, 2.24) is 14.6 Å². The Balaban J connectivity index is 1.66. The minimum absolute atomic E-state index is 0.308. The molecule has 0 amide bonds. The molecule has 0 aliphatic carbocycles. The lowest BCUT2D eigenvalue weighted by Gasteiger charge is -2.12. The summed E-state index contributed by atoms with van der Waals surface area (Å²) < 4.78 is 40.1. The van der Waals surface area contributed by atoms with Crippen LogP contribution in [0.2, 0.25) is 0 Å². The summed E-state index contributed by atoms with van der Waals surface area (Å²) in [6.45, 7) is 0. The first-order valence-electron chi connectivity index (χ1n) is 8.33. The van der Waals surface area contributed by atoms with Crippen LogP contribution in [-0.2, 0) is 14.6 Å². The van der Waals surface area contributed by atoms with Crippen LogP contribution in [0, 0.1) is 5.82 Å². The molecule has 0 fully saturated rings. The lowest BCUT2D eigenvalue weighted by molar-refractivity contribution is 0.490. The molecule has 1 unspecified atom stereocenters. The van der Waals surface area contributed by atoms with E-state index in [0.717, 1.165) is 11.8 Å². The average Bonchev–Trinajstić information content (AvgIpc) is 3.03. The Morgan fingerprint density at radius 3 is 2.57 bits per heavy atom. The van der Waals surface area contributed by atoms with Crippen molar-refractivity contribution in [2.24, 2.45) is 0 Å². The molecule has 2 aromatic carbocycles. The summed E-state index contributed by atoms with van der Waals surface area (Å²) in [6, 6.07) is 16.6. The fourth-order valence-electron chi connectivity index (χ4n) is 2.76. The van der Waals surface area contributed by atoms with E-state index in [9.17, 15) is 13.2 Å². The van der Waals surface area contributed by atoms with Crippen LogP contribution in [0.25, 0.3) is 16.9 Å². The minimum Gasteiger partial charge on any atom is -0.593 e. The molecule has 0 saturated carbocycles. The van der Waals surface area contributed by atoms with Crippen LogP contribution < -0.4 is 10.0 Å². The Kier molecular flexibility index (Phi) is 4.54. The molecule has 9 heteroatoms. The smallest absolute Gasteiger partial charge is 0.155 e. The third-order valence-corrected chi connectivity index (χ3v) is 4.55. The molecule has 0 saturated heterocycles. The molecular formula is C19H16FN5O2S. The van der Waals surface area contributed by atoms with Crippen LogP contribution in [0.4, 0.5) is 21.6 Å². The van der Waals surface area contributed by atoms with Gasteiger partial charge in [-0.2, -0.15) is 9.61 Å². The lowest BCUT2D eigenvalue weighted by atomic mass is 10.1. The van der Waals surface area contributed by atoms with E-state index in [1.54, 1.807) is 47.1 Å². The fraction of sp³-hybridized carbons (Fsp3) is 0.0526. The number of nitrogens with one attached hydrogen (secondary N) is 2. The molecule has 0 aliphatic rings. The van der Waals surface area contributed by atoms with Crippen LogP contribution in [0.1, 0.15) is 0 Å². The number of hydrogen-bond acceptors (Lipinski definition) is 5. The second kappa shape index (κ2) is 7.02. The van der Waals surface area contributed by atoms with Crippen molar-refractivity contribution in [2.45, 2.75) is 0 Å². The number of sulfonamides is 1. The minimum atomic E-state index is -3.36. The Bertz CT molecular complexity index is 1190. The van der Waals surface area contributed by atoms with Gasteiger partial charge in [-0.05, 0) is 54.6 Å². The maximum absolute atomic E-state index is 13.2. The van der Waals surface area contributed by atoms with Gasteiger partial charge in [-0.15, -0.1) is 0 Å². The molecule has 28 heavy (non-hydrogen) atoms. The van der Waals surface area contributed by atoms with Crippen molar-refractivity contribution in [3.05, 3.63) is 72.7 Å². The normalized spacial score (nSPS) is 13.2. The van der Waals surface area contributed by atoms with E-state index in [2.05, 4.69) is 20.1 Å². The molecular weight excluding hydrogens is 381 g/mol. The number of benzene rings is 2. The molecule has 2 aromatic heterocycles. The van der Waals surface area contributed by atoms with Gasteiger partial charge in [0, 0.05) is 11.3 Å². The van der Waals surface area contributed by atoms with Crippen molar-refractivity contribution < 1.29 is 13.2 Å². The second-order valence-corrected chi connectivity index (χ2v) is 7.97. The Hall–Kier alpha value is -3.30. The Morgan fingerprint density at radius 1 is 1.07 bits per heavy atom. The molecule has 2 heterocycles. The van der Waals surface area contributed by atoms with Crippen LogP contribution in [-0.4, -0.2) is 25.4 Å². The SMILES string of the molecule is C[S+](=O)([O-])Nc1cccc(Nc2cnc3ccc(-c4ccc(F)cc4)nn23)c1. The van der Waals surface area contributed by atoms with Crippen molar-refractivity contribution in [2.75, 3.05) is 16.3 Å². The topological polar surface area (TPSA) is 94.4 Å². The van der Waals surface area contributed by atoms with E-state index in [0.29, 0.717) is 28.5 Å². The van der Waals surface area contributed by atoms with Crippen molar-refractivity contribution in [1.29, 1.82) is 0 Å². The standard InChI is InChI=1S/C19H16FN5O2S/c1-28(26,27)24-16-4-2-3-15(11-16)22-19-12-21-18-10-9-17(23-25(18)19)13-5-7-14(20)8-6-13/h2-12,22H,1H3,(H-,24,26,27). The summed E-state index contributed by atoms with van der Waals surface area (Å²) in [5.41, 5.74) is 3.20. The van der Waals surface area contributed by atoms with Crippen molar-refractivity contribution in [3.63, 3.8) is 0 Å². The molecule has 1 atom stereocenters. The largest absolute Gasteiger partial charge is 0.593 e. The molecule has 2 N–H and O–H groups in total. The van der Waals surface area contributed by atoms with E-state index >= 15 is 0 Å². The lowest BCUT2D eigenvalue weighted by Crippen LogP contribution is -2.17. The first-order chi connectivity index (χ1) is 13.4. The number of hydrogen-bond donors (Lipinski definition) is 2. The zero-order valence-electron chi connectivity index (χ0n) is 14.8. The van der Waals surface area contributed by atoms with E-state index < -0.39 is 10.4 Å². The maximum atomic E-state index is 13.2. The van der Waals surface area contributed by atoms with Crippen LogP contribution in [0.15, 0.2) is 66.9 Å². The van der Waals surface area contributed by atoms with E-state index in [-0.39, 0.29) is 5.82 Å². The van der Waals surface area contributed by atoms with E-state index in [1.165, 1.54) is 12.1 Å². The number of rotatable bonds is 5. The van der Waals surface area contributed by atoms with E-state index in [1.807, 2.05) is 12.1 Å². The predicted molar refractivity (Wildman–Crippen MR) is 106 cm³/mol. The van der Waals surface area contributed by atoms with Gasteiger partial charge in [-0.25, -0.2) is 14.1 Å². The second-order valence-electron chi connectivity index (χ2n) is 6.22. The van der Waals surface area contributed by atoms with E-state index in [4.69, 9.17) is 0 Å². The van der Waals surface area contributed by atoms with Crippen LogP contribution >= 0.6 is 0 Å². The number of nitrogens with zero attached hydrogens (tertiary/aromatic N) is 3. The first-order valence-corrected chi connectivity index (χ1v) is 10.2. The third kappa shape index (κ3) is 4.00. The Labute approximate surface area is 161 Å². The number of imidazole rings is 1. The first kappa shape index (κ1) is 18.1. The van der Waals surface area contributed by atoms with Crippen LogP contribution in [0.3, 0.4) is 0 Å². The highest BCUT2D eigenvalue weighted by molar-refractivity contribution is 7.98. The summed E-state index contributed by atoms with van der Waals surface area (Å²) >= 11 is 0. The summed E-state index contributed by atoms with van der Waals surface area (Å²) in [5.74, 6) is 0.299. The summed E-state index contributed by atoms with van der Waals surface area (Å²) in [7, 11) is -3.36. The highest BCUT2D eigenvalue weighted by atomic mass is 32.3.